The van der Waals surface area contributed by atoms with Gasteiger partial charge in [-0.15, -0.1) is 0 Å². The Labute approximate surface area is 102 Å². The molecule has 1 aromatic rings. The summed E-state index contributed by atoms with van der Waals surface area (Å²) in [5.74, 6) is -0.146. The fourth-order valence-corrected chi connectivity index (χ4v) is 2.08. The molecule has 1 saturated heterocycles. The molecule has 2 rings (SSSR count). The van der Waals surface area contributed by atoms with Crippen molar-refractivity contribution in [3.63, 3.8) is 0 Å². The molecule has 17 heavy (non-hydrogen) atoms. The van der Waals surface area contributed by atoms with Crippen LogP contribution in [0.25, 0.3) is 0 Å². The predicted molar refractivity (Wildman–Crippen MR) is 68.9 cm³/mol. The molecule has 0 bridgehead atoms. The van der Waals surface area contributed by atoms with Gasteiger partial charge in [-0.25, -0.2) is 4.39 Å². The second kappa shape index (κ2) is 5.47. The number of aryl methyl sites for hydroxylation is 1. The van der Waals surface area contributed by atoms with Gasteiger partial charge in [-0.2, -0.15) is 0 Å². The Morgan fingerprint density at radius 2 is 2.35 bits per heavy atom. The lowest BCUT2D eigenvalue weighted by molar-refractivity contribution is 0.209. The van der Waals surface area contributed by atoms with Crippen molar-refractivity contribution in [3.05, 3.63) is 29.6 Å². The number of halogens is 1. The van der Waals surface area contributed by atoms with Crippen molar-refractivity contribution in [2.45, 2.75) is 13.0 Å². The molecule has 1 aliphatic rings. The van der Waals surface area contributed by atoms with Crippen LogP contribution in [-0.4, -0.2) is 44.2 Å². The summed E-state index contributed by atoms with van der Waals surface area (Å²) in [5, 5.41) is 6.74. The smallest absolute Gasteiger partial charge is 0.126 e. The zero-order chi connectivity index (χ0) is 12.3. The molecular weight excluding hydrogens is 217 g/mol. The Kier molecular flexibility index (Phi) is 3.97. The van der Waals surface area contributed by atoms with Gasteiger partial charge in [0.05, 0.1) is 0 Å². The SMILES string of the molecule is Cc1cc(NCC2CNCCN2C)ccc1F. The van der Waals surface area contributed by atoms with E-state index in [0.717, 1.165) is 31.9 Å². The minimum absolute atomic E-state index is 0.146. The minimum Gasteiger partial charge on any atom is -0.383 e. The highest BCUT2D eigenvalue weighted by atomic mass is 19.1. The van der Waals surface area contributed by atoms with Crippen molar-refractivity contribution in [1.29, 1.82) is 0 Å². The third-order valence-corrected chi connectivity index (χ3v) is 3.34. The van der Waals surface area contributed by atoms with E-state index in [1.807, 2.05) is 6.07 Å². The van der Waals surface area contributed by atoms with E-state index in [4.69, 9.17) is 0 Å². The molecule has 0 saturated carbocycles. The molecule has 1 aliphatic heterocycles. The van der Waals surface area contributed by atoms with E-state index in [2.05, 4.69) is 22.6 Å². The van der Waals surface area contributed by atoms with Crippen molar-refractivity contribution in [1.82, 2.24) is 10.2 Å². The van der Waals surface area contributed by atoms with Crippen LogP contribution in [0.4, 0.5) is 10.1 Å². The molecule has 0 amide bonds. The van der Waals surface area contributed by atoms with Gasteiger partial charge in [0, 0.05) is 37.9 Å². The molecule has 1 fully saturated rings. The van der Waals surface area contributed by atoms with Gasteiger partial charge in [0.1, 0.15) is 5.82 Å². The second-order valence-corrected chi connectivity index (χ2v) is 4.68. The number of benzene rings is 1. The van der Waals surface area contributed by atoms with Crippen LogP contribution in [-0.2, 0) is 0 Å². The van der Waals surface area contributed by atoms with E-state index in [-0.39, 0.29) is 5.82 Å². The molecule has 0 spiro atoms. The first-order valence-corrected chi connectivity index (χ1v) is 6.08. The highest BCUT2D eigenvalue weighted by Crippen LogP contribution is 2.14. The first-order chi connectivity index (χ1) is 8.16. The molecule has 3 nitrogen and oxygen atoms in total. The molecule has 1 aromatic carbocycles. The summed E-state index contributed by atoms with van der Waals surface area (Å²) in [4.78, 5) is 2.35. The molecule has 1 atom stereocenters. The zero-order valence-electron chi connectivity index (χ0n) is 10.5. The van der Waals surface area contributed by atoms with Gasteiger partial charge >= 0.3 is 0 Å². The van der Waals surface area contributed by atoms with Gasteiger partial charge in [-0.05, 0) is 37.7 Å². The lowest BCUT2D eigenvalue weighted by Crippen LogP contribution is -2.52. The molecular formula is C13H20FN3. The summed E-state index contributed by atoms with van der Waals surface area (Å²) in [6.07, 6.45) is 0. The Bertz CT molecular complexity index is 381. The van der Waals surface area contributed by atoms with Crippen molar-refractivity contribution in [2.75, 3.05) is 38.5 Å². The largest absolute Gasteiger partial charge is 0.383 e. The summed E-state index contributed by atoms with van der Waals surface area (Å²) < 4.78 is 13.1. The van der Waals surface area contributed by atoms with E-state index in [9.17, 15) is 4.39 Å². The quantitative estimate of drug-likeness (QED) is 0.833. The topological polar surface area (TPSA) is 27.3 Å². The van der Waals surface area contributed by atoms with Gasteiger partial charge < -0.3 is 10.6 Å². The normalized spacial score (nSPS) is 21.5. The number of piperazine rings is 1. The maximum Gasteiger partial charge on any atom is 0.126 e. The lowest BCUT2D eigenvalue weighted by Gasteiger charge is -2.33. The highest BCUT2D eigenvalue weighted by Gasteiger charge is 2.17. The van der Waals surface area contributed by atoms with Gasteiger partial charge in [-0.3, -0.25) is 4.90 Å². The molecule has 0 aliphatic carbocycles. The molecule has 1 unspecified atom stereocenters. The fourth-order valence-electron chi connectivity index (χ4n) is 2.08. The van der Waals surface area contributed by atoms with Crippen LogP contribution in [0, 0.1) is 12.7 Å². The van der Waals surface area contributed by atoms with E-state index >= 15 is 0 Å². The number of nitrogens with zero attached hydrogens (tertiary/aromatic N) is 1. The van der Waals surface area contributed by atoms with Crippen molar-refractivity contribution < 1.29 is 4.39 Å². The molecule has 0 aromatic heterocycles. The zero-order valence-corrected chi connectivity index (χ0v) is 10.5. The average Bonchev–Trinajstić information content (AvgIpc) is 2.32. The summed E-state index contributed by atoms with van der Waals surface area (Å²) in [7, 11) is 2.14. The lowest BCUT2D eigenvalue weighted by atomic mass is 10.2. The van der Waals surface area contributed by atoms with E-state index in [0.29, 0.717) is 11.6 Å². The van der Waals surface area contributed by atoms with Crippen molar-refractivity contribution >= 4 is 5.69 Å². The Morgan fingerprint density at radius 3 is 3.06 bits per heavy atom. The maximum absolute atomic E-state index is 13.1. The number of nitrogens with one attached hydrogen (secondary N) is 2. The van der Waals surface area contributed by atoms with Crippen molar-refractivity contribution in [2.24, 2.45) is 0 Å². The number of anilines is 1. The summed E-state index contributed by atoms with van der Waals surface area (Å²) in [5.41, 5.74) is 1.67. The second-order valence-electron chi connectivity index (χ2n) is 4.68. The number of hydrogen-bond acceptors (Lipinski definition) is 3. The van der Waals surface area contributed by atoms with Crippen LogP contribution in [0.5, 0.6) is 0 Å². The summed E-state index contributed by atoms with van der Waals surface area (Å²) >= 11 is 0. The third kappa shape index (κ3) is 3.17. The van der Waals surface area contributed by atoms with Crippen LogP contribution in [0.1, 0.15) is 5.56 Å². The molecule has 2 N–H and O–H groups in total. The standard InChI is InChI=1S/C13H20FN3/c1-10-7-11(3-4-13(10)14)16-9-12-8-15-5-6-17(12)2/h3-4,7,12,15-16H,5-6,8-9H2,1-2H3. The van der Waals surface area contributed by atoms with Gasteiger partial charge in [0.25, 0.3) is 0 Å². The van der Waals surface area contributed by atoms with E-state index in [1.54, 1.807) is 13.0 Å². The number of likely N-dealkylation sites (N-methyl/N-ethyl adjacent to an activating group) is 1. The van der Waals surface area contributed by atoms with E-state index < -0.39 is 0 Å². The summed E-state index contributed by atoms with van der Waals surface area (Å²) in [6, 6.07) is 5.65. The van der Waals surface area contributed by atoms with Crippen LogP contribution >= 0.6 is 0 Å². The molecule has 94 valence electrons. The van der Waals surface area contributed by atoms with Gasteiger partial charge in [0.15, 0.2) is 0 Å². The average molecular weight is 237 g/mol. The molecule has 0 radical (unpaired) electrons. The van der Waals surface area contributed by atoms with Gasteiger partial charge in [0.2, 0.25) is 0 Å². The Morgan fingerprint density at radius 1 is 1.53 bits per heavy atom. The minimum atomic E-state index is -0.146. The first kappa shape index (κ1) is 12.3. The third-order valence-electron chi connectivity index (χ3n) is 3.34. The Hall–Kier alpha value is -1.13. The molecule has 1 heterocycles. The monoisotopic (exact) mass is 237 g/mol. The maximum atomic E-state index is 13.1. The van der Waals surface area contributed by atoms with Crippen LogP contribution in [0.3, 0.4) is 0 Å². The number of rotatable bonds is 3. The Balaban J connectivity index is 1.90. The van der Waals surface area contributed by atoms with E-state index in [1.165, 1.54) is 6.07 Å². The van der Waals surface area contributed by atoms with Crippen molar-refractivity contribution in [3.8, 4) is 0 Å². The number of hydrogen-bond donors (Lipinski definition) is 2. The van der Waals surface area contributed by atoms with Gasteiger partial charge in [-0.1, -0.05) is 0 Å². The predicted octanol–water partition coefficient (Wildman–Crippen LogP) is 1.45. The van der Waals surface area contributed by atoms with Crippen LogP contribution in [0.2, 0.25) is 0 Å². The van der Waals surface area contributed by atoms with Crippen LogP contribution in [0.15, 0.2) is 18.2 Å². The highest BCUT2D eigenvalue weighted by molar-refractivity contribution is 5.46. The molecule has 4 heteroatoms. The first-order valence-electron chi connectivity index (χ1n) is 6.08. The summed E-state index contributed by atoms with van der Waals surface area (Å²) in [6.45, 7) is 5.81. The fraction of sp³-hybridized carbons (Fsp3) is 0.538. The van der Waals surface area contributed by atoms with Crippen LogP contribution < -0.4 is 10.6 Å².